The summed E-state index contributed by atoms with van der Waals surface area (Å²) in [5, 5.41) is 26.8. The Hall–Kier alpha value is -2.70. The Kier molecular flexibility index (Phi) is 9.34. The number of nitrogens with one attached hydrogen (secondary N) is 1. The van der Waals surface area contributed by atoms with Gasteiger partial charge in [-0.25, -0.2) is 0 Å². The van der Waals surface area contributed by atoms with Crippen LogP contribution in [-0.4, -0.2) is 39.6 Å². The lowest BCUT2D eigenvalue weighted by molar-refractivity contribution is -0.136. The monoisotopic (exact) mass is 404 g/mol. The Morgan fingerprint density at radius 1 is 1.07 bits per heavy atom. The summed E-state index contributed by atoms with van der Waals surface area (Å²) in [4.78, 5) is 10.9. The van der Waals surface area contributed by atoms with Crippen LogP contribution in [0, 0.1) is 0 Å². The molecule has 0 aliphatic heterocycles. The lowest BCUT2D eigenvalue weighted by atomic mass is 10.0. The van der Waals surface area contributed by atoms with Crippen LogP contribution < -0.4 is 9.47 Å². The van der Waals surface area contributed by atoms with Gasteiger partial charge in [-0.1, -0.05) is 39.5 Å². The SMILES string of the molecule is CCCCCOc1ccc(-c2[nH]ncc2CCC(=O)O)c(O)c1OCCCCC. The number of ether oxygens (including phenoxy) is 2. The lowest BCUT2D eigenvalue weighted by Gasteiger charge is -2.16. The summed E-state index contributed by atoms with van der Waals surface area (Å²) in [6.07, 6.45) is 8.05. The van der Waals surface area contributed by atoms with E-state index in [1.165, 1.54) is 0 Å². The van der Waals surface area contributed by atoms with Gasteiger partial charge in [0.05, 0.1) is 25.1 Å². The van der Waals surface area contributed by atoms with Crippen molar-refractivity contribution in [3.05, 3.63) is 23.9 Å². The Morgan fingerprint density at radius 2 is 1.76 bits per heavy atom. The smallest absolute Gasteiger partial charge is 0.303 e. The van der Waals surface area contributed by atoms with Crippen molar-refractivity contribution in [3.63, 3.8) is 0 Å². The number of unbranched alkanes of at least 4 members (excludes halogenated alkanes) is 4. The zero-order valence-electron chi connectivity index (χ0n) is 17.4. The molecule has 1 heterocycles. The zero-order valence-corrected chi connectivity index (χ0v) is 17.4. The van der Waals surface area contributed by atoms with E-state index < -0.39 is 5.97 Å². The van der Waals surface area contributed by atoms with Crippen molar-refractivity contribution in [2.75, 3.05) is 13.2 Å². The van der Waals surface area contributed by atoms with Crippen LogP contribution in [0.4, 0.5) is 0 Å². The minimum absolute atomic E-state index is 0.00765. The number of aliphatic carboxylic acids is 1. The first-order valence-corrected chi connectivity index (χ1v) is 10.4. The van der Waals surface area contributed by atoms with E-state index in [2.05, 4.69) is 24.0 Å². The van der Waals surface area contributed by atoms with Gasteiger partial charge in [-0.15, -0.1) is 0 Å². The number of aryl methyl sites for hydroxylation is 1. The molecule has 2 rings (SSSR count). The molecule has 0 aliphatic carbocycles. The van der Waals surface area contributed by atoms with Crippen LogP contribution >= 0.6 is 0 Å². The van der Waals surface area contributed by atoms with E-state index in [-0.39, 0.29) is 12.2 Å². The lowest BCUT2D eigenvalue weighted by Crippen LogP contribution is -2.04. The summed E-state index contributed by atoms with van der Waals surface area (Å²) in [5.41, 5.74) is 1.85. The number of aromatic hydroxyl groups is 1. The third-order valence-electron chi connectivity index (χ3n) is 4.69. The van der Waals surface area contributed by atoms with E-state index in [1.807, 2.05) is 0 Å². The second-order valence-corrected chi connectivity index (χ2v) is 7.06. The predicted octanol–water partition coefficient (Wildman–Crippen LogP) is 4.94. The summed E-state index contributed by atoms with van der Waals surface area (Å²) in [6.45, 7) is 5.31. The van der Waals surface area contributed by atoms with Gasteiger partial charge in [0.15, 0.2) is 11.5 Å². The van der Waals surface area contributed by atoms with Gasteiger partial charge < -0.3 is 19.7 Å². The number of aromatic amines is 1. The second-order valence-electron chi connectivity index (χ2n) is 7.06. The number of H-pyrrole nitrogens is 1. The maximum Gasteiger partial charge on any atom is 0.303 e. The van der Waals surface area contributed by atoms with Gasteiger partial charge in [-0.05, 0) is 37.0 Å². The molecule has 0 amide bonds. The molecule has 0 unspecified atom stereocenters. The fourth-order valence-corrected chi connectivity index (χ4v) is 3.04. The highest BCUT2D eigenvalue weighted by molar-refractivity contribution is 5.76. The highest BCUT2D eigenvalue weighted by Crippen LogP contribution is 2.44. The van der Waals surface area contributed by atoms with Crippen LogP contribution in [0.3, 0.4) is 0 Å². The number of carboxylic acid groups (broad SMARTS) is 1. The first-order chi connectivity index (χ1) is 14.1. The molecule has 1 aromatic carbocycles. The van der Waals surface area contributed by atoms with Gasteiger partial charge in [0.1, 0.15) is 0 Å². The Labute approximate surface area is 172 Å². The maximum atomic E-state index is 10.9. The summed E-state index contributed by atoms with van der Waals surface area (Å²) in [7, 11) is 0. The number of rotatable bonds is 14. The van der Waals surface area contributed by atoms with Gasteiger partial charge in [-0.3, -0.25) is 9.89 Å². The van der Waals surface area contributed by atoms with E-state index in [0.29, 0.717) is 42.4 Å². The average molecular weight is 405 g/mol. The molecule has 0 atom stereocenters. The number of nitrogens with zero attached hydrogens (tertiary/aromatic N) is 1. The minimum Gasteiger partial charge on any atom is -0.504 e. The third kappa shape index (κ3) is 6.69. The maximum absolute atomic E-state index is 10.9. The number of phenols is 1. The molecule has 0 saturated carbocycles. The van der Waals surface area contributed by atoms with E-state index in [4.69, 9.17) is 14.6 Å². The average Bonchev–Trinajstić information content (AvgIpc) is 3.17. The first kappa shape index (κ1) is 22.6. The van der Waals surface area contributed by atoms with Crippen LogP contribution in [0.5, 0.6) is 17.2 Å². The third-order valence-corrected chi connectivity index (χ3v) is 4.69. The van der Waals surface area contributed by atoms with E-state index >= 15 is 0 Å². The van der Waals surface area contributed by atoms with Gasteiger partial charge in [-0.2, -0.15) is 5.10 Å². The number of hydrogen-bond donors (Lipinski definition) is 3. The van der Waals surface area contributed by atoms with Crippen molar-refractivity contribution >= 4 is 5.97 Å². The molecule has 160 valence electrons. The van der Waals surface area contributed by atoms with Crippen molar-refractivity contribution in [1.82, 2.24) is 10.2 Å². The van der Waals surface area contributed by atoms with Crippen LogP contribution in [0.1, 0.15) is 64.4 Å². The van der Waals surface area contributed by atoms with Crippen molar-refractivity contribution in [1.29, 1.82) is 0 Å². The number of carboxylic acids is 1. The van der Waals surface area contributed by atoms with Crippen molar-refractivity contribution in [3.8, 4) is 28.5 Å². The molecule has 1 aromatic heterocycles. The van der Waals surface area contributed by atoms with E-state index in [9.17, 15) is 9.90 Å². The fourth-order valence-electron chi connectivity index (χ4n) is 3.04. The molecule has 3 N–H and O–H groups in total. The summed E-state index contributed by atoms with van der Waals surface area (Å²) in [5.74, 6) is -0.0493. The molecule has 0 aliphatic rings. The summed E-state index contributed by atoms with van der Waals surface area (Å²) >= 11 is 0. The number of carbonyl (C=O) groups is 1. The molecule has 0 radical (unpaired) electrons. The molecular weight excluding hydrogens is 372 g/mol. The van der Waals surface area contributed by atoms with Gasteiger partial charge in [0.25, 0.3) is 0 Å². The number of phenolic OH excluding ortho intramolecular Hbond substituents is 1. The summed E-state index contributed by atoms with van der Waals surface area (Å²) < 4.78 is 11.8. The minimum atomic E-state index is -0.878. The first-order valence-electron chi connectivity index (χ1n) is 10.4. The quantitative estimate of drug-likeness (QED) is 0.385. The van der Waals surface area contributed by atoms with Crippen molar-refractivity contribution in [2.24, 2.45) is 0 Å². The van der Waals surface area contributed by atoms with Crippen LogP contribution in [0.2, 0.25) is 0 Å². The van der Waals surface area contributed by atoms with Gasteiger partial charge in [0, 0.05) is 12.0 Å². The summed E-state index contributed by atoms with van der Waals surface area (Å²) in [6, 6.07) is 3.54. The molecule has 0 saturated heterocycles. The largest absolute Gasteiger partial charge is 0.504 e. The van der Waals surface area contributed by atoms with Crippen LogP contribution in [0.15, 0.2) is 18.3 Å². The highest BCUT2D eigenvalue weighted by Gasteiger charge is 2.20. The normalized spacial score (nSPS) is 10.8. The van der Waals surface area contributed by atoms with Crippen molar-refractivity contribution in [2.45, 2.75) is 65.2 Å². The number of aromatic nitrogens is 2. The molecule has 0 bridgehead atoms. The molecule has 0 fully saturated rings. The molecule has 7 heteroatoms. The zero-order chi connectivity index (χ0) is 21.1. The highest BCUT2D eigenvalue weighted by atomic mass is 16.5. The Bertz CT molecular complexity index is 773. The second kappa shape index (κ2) is 12.0. The topological polar surface area (TPSA) is 105 Å². The number of hydrogen-bond acceptors (Lipinski definition) is 5. The van der Waals surface area contributed by atoms with Gasteiger partial charge in [0.2, 0.25) is 5.75 Å². The van der Waals surface area contributed by atoms with Crippen LogP contribution in [0.25, 0.3) is 11.3 Å². The Morgan fingerprint density at radius 3 is 2.41 bits per heavy atom. The standard InChI is InChI=1S/C22H32N2O5/c1-3-5-7-13-28-18-11-10-17(21(27)22(18)29-14-8-6-4-2)20-16(15-23-24-20)9-12-19(25)26/h10-11,15,27H,3-9,12-14H2,1-2H3,(H,23,24)(H,25,26). The van der Waals surface area contributed by atoms with E-state index in [1.54, 1.807) is 18.3 Å². The fraction of sp³-hybridized carbons (Fsp3) is 0.545. The molecular formula is C22H32N2O5. The molecule has 29 heavy (non-hydrogen) atoms. The molecule has 0 spiro atoms. The Balaban J connectivity index is 2.27. The molecule has 7 nitrogen and oxygen atoms in total. The van der Waals surface area contributed by atoms with Crippen LogP contribution in [-0.2, 0) is 11.2 Å². The molecule has 2 aromatic rings. The number of benzene rings is 1. The van der Waals surface area contributed by atoms with Gasteiger partial charge >= 0.3 is 5.97 Å². The predicted molar refractivity (Wildman–Crippen MR) is 112 cm³/mol. The van der Waals surface area contributed by atoms with E-state index in [0.717, 1.165) is 44.1 Å². The van der Waals surface area contributed by atoms with Crippen molar-refractivity contribution < 1.29 is 24.5 Å².